The summed E-state index contributed by atoms with van der Waals surface area (Å²) in [5.74, 6) is 0.734. The van der Waals surface area contributed by atoms with E-state index in [4.69, 9.17) is 13.2 Å². The van der Waals surface area contributed by atoms with E-state index in [1.807, 2.05) is 103 Å². The third kappa shape index (κ3) is 3.39. The molecule has 2 nitrogen and oxygen atoms in total. The Morgan fingerprint density at radius 1 is 0.538 bits per heavy atom. The lowest BCUT2D eigenvalue weighted by atomic mass is 9.87. The number of aromatic nitrogens is 2. The molecule has 2 heteroatoms. The van der Waals surface area contributed by atoms with Crippen LogP contribution in [-0.4, -0.2) is 9.55 Å². The zero-order valence-electron chi connectivity index (χ0n) is 27.7. The highest BCUT2D eigenvalue weighted by atomic mass is 15.1. The Morgan fingerprint density at radius 2 is 1.13 bits per heavy atom. The van der Waals surface area contributed by atoms with Crippen molar-refractivity contribution >= 4 is 43.4 Å². The largest absolute Gasteiger partial charge is 0.292 e. The van der Waals surface area contributed by atoms with Gasteiger partial charge in [-0.05, 0) is 73.8 Å². The molecule has 0 aliphatic rings. The van der Waals surface area contributed by atoms with Gasteiger partial charge < -0.3 is 0 Å². The number of para-hydroxylation sites is 3. The van der Waals surface area contributed by atoms with Crippen molar-refractivity contribution in [3.05, 3.63) is 145 Å². The van der Waals surface area contributed by atoms with Crippen LogP contribution in [0, 0.1) is 0 Å². The van der Waals surface area contributed by atoms with Crippen LogP contribution >= 0.6 is 0 Å². The average molecular weight is 504 g/mol. The van der Waals surface area contributed by atoms with Crippen LogP contribution in [0.3, 0.4) is 0 Å². The molecule has 0 amide bonds. The normalized spacial score (nSPS) is 14.1. The van der Waals surface area contributed by atoms with E-state index < -0.39 is 24.2 Å². The highest BCUT2D eigenvalue weighted by Gasteiger charge is 2.21. The van der Waals surface area contributed by atoms with Gasteiger partial charge in [-0.25, -0.2) is 4.98 Å². The summed E-state index contributed by atoms with van der Waals surface area (Å²) < 4.78 is 63.1. The zero-order valence-corrected chi connectivity index (χ0v) is 20.7. The number of imidazole rings is 1. The van der Waals surface area contributed by atoms with Gasteiger partial charge in [-0.1, -0.05) is 115 Å². The van der Waals surface area contributed by atoms with Crippen LogP contribution in [0.2, 0.25) is 0 Å². The minimum absolute atomic E-state index is 0.0647. The molecule has 0 atom stereocenters. The van der Waals surface area contributed by atoms with E-state index in [0.29, 0.717) is 5.56 Å². The van der Waals surface area contributed by atoms with E-state index in [9.17, 15) is 1.37 Å². The number of hydrogen-bond acceptors (Lipinski definition) is 1. The first kappa shape index (κ1) is 15.9. The van der Waals surface area contributed by atoms with Gasteiger partial charge in [0, 0.05) is 11.3 Å². The third-order valence-corrected chi connectivity index (χ3v) is 7.23. The molecule has 1 aromatic heterocycles. The van der Waals surface area contributed by atoms with Crippen LogP contribution in [0.4, 0.5) is 0 Å². The summed E-state index contributed by atoms with van der Waals surface area (Å²) in [5, 5.41) is 2.97. The first-order chi connectivity index (χ1) is 22.3. The van der Waals surface area contributed by atoms with Crippen molar-refractivity contribution in [2.24, 2.45) is 0 Å². The molecule has 0 aliphatic heterocycles. The molecule has 0 saturated carbocycles. The maximum absolute atomic E-state index is 9.34. The second-order valence-corrected chi connectivity index (χ2v) is 9.44. The van der Waals surface area contributed by atoms with Gasteiger partial charge in [-0.15, -0.1) is 0 Å². The van der Waals surface area contributed by atoms with E-state index in [2.05, 4.69) is 4.57 Å². The second kappa shape index (κ2) is 8.68. The fourth-order valence-corrected chi connectivity index (χ4v) is 5.58. The Kier molecular flexibility index (Phi) is 3.54. The highest BCUT2D eigenvalue weighted by molar-refractivity contribution is 6.21. The molecule has 1 heterocycles. The lowest BCUT2D eigenvalue weighted by Gasteiger charge is -2.18. The van der Waals surface area contributed by atoms with Crippen molar-refractivity contribution < 1.29 is 9.60 Å². The van der Waals surface area contributed by atoms with Crippen molar-refractivity contribution in [1.29, 1.82) is 0 Å². The predicted molar refractivity (Wildman–Crippen MR) is 164 cm³/mol. The van der Waals surface area contributed by atoms with Crippen LogP contribution in [0.5, 0.6) is 0 Å². The van der Waals surface area contributed by atoms with Crippen LogP contribution in [-0.2, 0) is 0 Å². The van der Waals surface area contributed by atoms with Crippen molar-refractivity contribution in [1.82, 2.24) is 9.55 Å². The molecule has 7 aromatic carbocycles. The van der Waals surface area contributed by atoms with E-state index in [1.165, 1.54) is 0 Å². The first-order valence-electron chi connectivity index (χ1n) is 16.3. The number of nitrogens with zero attached hydrogens (tertiary/aromatic N) is 2. The van der Waals surface area contributed by atoms with Gasteiger partial charge >= 0.3 is 0 Å². The molecule has 0 N–H and O–H groups in total. The summed E-state index contributed by atoms with van der Waals surface area (Å²) in [4.78, 5) is 5.17. The molecule has 0 unspecified atom stereocenters. The van der Waals surface area contributed by atoms with Crippen LogP contribution in [0.1, 0.15) is 9.60 Å². The molecule has 0 bridgehead atoms. The van der Waals surface area contributed by atoms with Gasteiger partial charge in [0.05, 0.1) is 20.6 Å². The topological polar surface area (TPSA) is 17.8 Å². The lowest BCUT2D eigenvalue weighted by molar-refractivity contribution is 1.11. The molecule has 0 spiro atoms. The van der Waals surface area contributed by atoms with Crippen molar-refractivity contribution in [3.8, 4) is 28.2 Å². The van der Waals surface area contributed by atoms with E-state index in [1.54, 1.807) is 0 Å². The maximum Gasteiger partial charge on any atom is 0.146 e. The Balaban J connectivity index is 1.57. The first-order valence-corrected chi connectivity index (χ1v) is 12.8. The molecule has 182 valence electrons. The summed E-state index contributed by atoms with van der Waals surface area (Å²) >= 11 is 0. The molecule has 0 fully saturated rings. The van der Waals surface area contributed by atoms with Crippen molar-refractivity contribution in [3.63, 3.8) is 0 Å². The van der Waals surface area contributed by atoms with Crippen molar-refractivity contribution in [2.45, 2.75) is 0 Å². The molecular weight excluding hydrogens is 472 g/mol. The third-order valence-electron chi connectivity index (χ3n) is 7.23. The Morgan fingerprint density at radius 3 is 1.85 bits per heavy atom. The molecule has 8 aromatic rings. The minimum Gasteiger partial charge on any atom is -0.292 e. The Bertz CT molecular complexity index is 2500. The van der Waals surface area contributed by atoms with E-state index >= 15 is 0 Å². The van der Waals surface area contributed by atoms with Gasteiger partial charge in [-0.3, -0.25) is 4.57 Å². The second-order valence-electron chi connectivity index (χ2n) is 9.44. The van der Waals surface area contributed by atoms with Crippen LogP contribution < -0.4 is 0 Å². The minimum atomic E-state index is -0.487. The van der Waals surface area contributed by atoms with Gasteiger partial charge in [0.25, 0.3) is 0 Å². The standard InChI is InChI=1S/C37H24N2/c1-2-14-28(15-3-1)39-34-21-11-10-20-33(34)38-37(39)36-31-18-8-6-16-29(31)35(30-17-7-9-19-32(30)36)27-23-22-25-12-4-5-13-26(25)24-27/h1-24H/i4D,5D,12D,13D,22D,23D,24D. The fourth-order valence-electron chi connectivity index (χ4n) is 5.58. The van der Waals surface area contributed by atoms with Crippen LogP contribution in [0.15, 0.2) is 145 Å². The fraction of sp³-hybridized carbons (Fsp3) is 0. The van der Waals surface area contributed by atoms with Crippen LogP contribution in [0.25, 0.3) is 71.6 Å². The molecule has 0 saturated heterocycles. The smallest absolute Gasteiger partial charge is 0.146 e. The van der Waals surface area contributed by atoms with Crippen molar-refractivity contribution in [2.75, 3.05) is 0 Å². The maximum atomic E-state index is 9.34. The molecule has 39 heavy (non-hydrogen) atoms. The molecule has 0 aliphatic carbocycles. The Labute approximate surface area is 236 Å². The van der Waals surface area contributed by atoms with Gasteiger partial charge in [0.2, 0.25) is 0 Å². The van der Waals surface area contributed by atoms with Gasteiger partial charge in [0.1, 0.15) is 5.82 Å². The molecular formula is C37H24N2. The zero-order chi connectivity index (χ0) is 31.9. The quantitative estimate of drug-likeness (QED) is 0.219. The summed E-state index contributed by atoms with van der Waals surface area (Å²) in [6.07, 6.45) is 0. The van der Waals surface area contributed by atoms with E-state index in [-0.39, 0.29) is 34.5 Å². The van der Waals surface area contributed by atoms with Gasteiger partial charge in [-0.2, -0.15) is 0 Å². The number of fused-ring (bicyclic) bond motifs is 4. The average Bonchev–Trinajstić information content (AvgIpc) is 3.47. The molecule has 0 radical (unpaired) electrons. The summed E-state index contributed by atoms with van der Waals surface area (Å²) in [7, 11) is 0. The number of rotatable bonds is 3. The summed E-state index contributed by atoms with van der Waals surface area (Å²) in [5.41, 5.74) is 4.33. The SMILES string of the molecule is [2H]c1c([2H])c([2H])c2c([2H])c(-c3c4ccccc4c(-c4nc5ccccc5n4-c4ccccc4)c4ccccc34)c([2H])c([2H])c2c1[2H]. The summed E-state index contributed by atoms with van der Waals surface area (Å²) in [6, 6.07) is 31.0. The van der Waals surface area contributed by atoms with Gasteiger partial charge in [0.15, 0.2) is 0 Å². The lowest BCUT2D eigenvalue weighted by Crippen LogP contribution is -1.99. The summed E-state index contributed by atoms with van der Waals surface area (Å²) in [6.45, 7) is 0. The highest BCUT2D eigenvalue weighted by Crippen LogP contribution is 2.44. The molecule has 8 rings (SSSR count). The Hall–Kier alpha value is -5.21. The predicted octanol–water partition coefficient (Wildman–Crippen LogP) is 9.82. The number of benzene rings is 7. The van der Waals surface area contributed by atoms with E-state index in [0.717, 1.165) is 49.7 Å². The monoisotopic (exact) mass is 503 g/mol. The number of hydrogen-bond donors (Lipinski definition) is 0.